The predicted molar refractivity (Wildman–Crippen MR) is 66.3 cm³/mol. The molecule has 0 saturated heterocycles. The molecule has 1 N–H and O–H groups in total. The summed E-state index contributed by atoms with van der Waals surface area (Å²) >= 11 is 5.74. The second kappa shape index (κ2) is 5.19. The number of hydrogen-bond acceptors (Lipinski definition) is 3. The highest BCUT2D eigenvalue weighted by atomic mass is 35.5. The standard InChI is InChI=1S/C12H7ClF2N2O2/c13-8-4-5-17(12(18)7(8)6-16-19)11-9(14)2-1-3-10(11)15/h1-6,19H. The third-order valence-electron chi connectivity index (χ3n) is 2.44. The van der Waals surface area contributed by atoms with Crippen molar-refractivity contribution in [1.29, 1.82) is 0 Å². The van der Waals surface area contributed by atoms with Crippen LogP contribution in [0.3, 0.4) is 0 Å². The Hall–Kier alpha value is -2.21. The van der Waals surface area contributed by atoms with E-state index in [0.29, 0.717) is 0 Å². The molecule has 0 aliphatic rings. The molecule has 0 fully saturated rings. The number of benzene rings is 1. The first-order valence-electron chi connectivity index (χ1n) is 5.09. The van der Waals surface area contributed by atoms with Crippen LogP contribution in [-0.4, -0.2) is 16.0 Å². The van der Waals surface area contributed by atoms with Gasteiger partial charge in [0.15, 0.2) is 0 Å². The Kier molecular flexibility index (Phi) is 3.62. The van der Waals surface area contributed by atoms with Gasteiger partial charge in [-0.25, -0.2) is 8.78 Å². The van der Waals surface area contributed by atoms with Crippen molar-refractivity contribution < 1.29 is 14.0 Å². The fourth-order valence-corrected chi connectivity index (χ4v) is 1.79. The van der Waals surface area contributed by atoms with Crippen LogP contribution in [0.5, 0.6) is 0 Å². The number of aromatic nitrogens is 1. The van der Waals surface area contributed by atoms with Crippen molar-refractivity contribution in [3.63, 3.8) is 0 Å². The van der Waals surface area contributed by atoms with E-state index in [2.05, 4.69) is 5.16 Å². The number of rotatable bonds is 2. The van der Waals surface area contributed by atoms with Gasteiger partial charge in [-0.15, -0.1) is 0 Å². The summed E-state index contributed by atoms with van der Waals surface area (Å²) in [5.41, 5.74) is -1.49. The lowest BCUT2D eigenvalue weighted by molar-refractivity contribution is 0.322. The van der Waals surface area contributed by atoms with E-state index in [1.807, 2.05) is 0 Å². The van der Waals surface area contributed by atoms with Crippen molar-refractivity contribution >= 4 is 17.8 Å². The van der Waals surface area contributed by atoms with Crippen LogP contribution < -0.4 is 5.56 Å². The molecule has 7 heteroatoms. The van der Waals surface area contributed by atoms with Crippen molar-refractivity contribution in [3.05, 3.63) is 63.0 Å². The molecule has 0 bridgehead atoms. The zero-order chi connectivity index (χ0) is 14.0. The molecule has 0 amide bonds. The van der Waals surface area contributed by atoms with Crippen molar-refractivity contribution in [2.24, 2.45) is 5.16 Å². The molecule has 0 unspecified atom stereocenters. The summed E-state index contributed by atoms with van der Waals surface area (Å²) in [6.07, 6.45) is 1.95. The summed E-state index contributed by atoms with van der Waals surface area (Å²) in [5.74, 6) is -1.78. The molecule has 98 valence electrons. The van der Waals surface area contributed by atoms with Crippen molar-refractivity contribution in [1.82, 2.24) is 4.57 Å². The molecule has 0 aliphatic carbocycles. The average Bonchev–Trinajstić information content (AvgIpc) is 2.37. The van der Waals surface area contributed by atoms with E-state index in [1.54, 1.807) is 0 Å². The maximum atomic E-state index is 13.6. The molecule has 0 spiro atoms. The summed E-state index contributed by atoms with van der Waals surface area (Å²) in [5, 5.41) is 11.2. The largest absolute Gasteiger partial charge is 0.411 e. The van der Waals surface area contributed by atoms with Gasteiger partial charge in [0, 0.05) is 6.20 Å². The Morgan fingerprint density at radius 2 is 1.89 bits per heavy atom. The van der Waals surface area contributed by atoms with Crippen LogP contribution in [0.1, 0.15) is 5.56 Å². The minimum absolute atomic E-state index is 0.01000. The highest BCUT2D eigenvalue weighted by Crippen LogP contribution is 2.17. The van der Waals surface area contributed by atoms with Gasteiger partial charge in [-0.2, -0.15) is 0 Å². The second-order valence-electron chi connectivity index (χ2n) is 3.57. The maximum absolute atomic E-state index is 13.6. The van der Waals surface area contributed by atoms with Gasteiger partial charge in [-0.05, 0) is 18.2 Å². The van der Waals surface area contributed by atoms with Crippen LogP contribution in [0.25, 0.3) is 5.69 Å². The van der Waals surface area contributed by atoms with Crippen LogP contribution in [0, 0.1) is 11.6 Å². The molecular weight excluding hydrogens is 278 g/mol. The molecule has 0 saturated carbocycles. The molecule has 4 nitrogen and oxygen atoms in total. The van der Waals surface area contributed by atoms with Gasteiger partial charge in [-0.1, -0.05) is 22.8 Å². The maximum Gasteiger partial charge on any atom is 0.265 e. The third-order valence-corrected chi connectivity index (χ3v) is 2.77. The minimum Gasteiger partial charge on any atom is -0.411 e. The Morgan fingerprint density at radius 1 is 1.26 bits per heavy atom. The van der Waals surface area contributed by atoms with E-state index in [-0.39, 0.29) is 10.6 Å². The van der Waals surface area contributed by atoms with Crippen molar-refractivity contribution in [2.45, 2.75) is 0 Å². The molecule has 0 radical (unpaired) electrons. The van der Waals surface area contributed by atoms with E-state index < -0.39 is 22.9 Å². The lowest BCUT2D eigenvalue weighted by atomic mass is 10.2. The molecule has 0 aliphatic heterocycles. The fraction of sp³-hybridized carbons (Fsp3) is 0. The molecule has 1 aromatic carbocycles. The van der Waals surface area contributed by atoms with Gasteiger partial charge in [-0.3, -0.25) is 9.36 Å². The van der Waals surface area contributed by atoms with Crippen LogP contribution in [-0.2, 0) is 0 Å². The first kappa shape index (κ1) is 13.2. The predicted octanol–water partition coefficient (Wildman–Crippen LogP) is 2.58. The van der Waals surface area contributed by atoms with Crippen molar-refractivity contribution in [3.8, 4) is 5.69 Å². The van der Waals surface area contributed by atoms with Gasteiger partial charge < -0.3 is 5.21 Å². The highest BCUT2D eigenvalue weighted by Gasteiger charge is 2.15. The lowest BCUT2D eigenvalue weighted by Gasteiger charge is -2.09. The molecule has 0 atom stereocenters. The Morgan fingerprint density at radius 3 is 2.47 bits per heavy atom. The topological polar surface area (TPSA) is 54.6 Å². The van der Waals surface area contributed by atoms with Gasteiger partial charge in [0.25, 0.3) is 5.56 Å². The highest BCUT2D eigenvalue weighted by molar-refractivity contribution is 6.33. The van der Waals surface area contributed by atoms with Crippen LogP contribution in [0.2, 0.25) is 5.02 Å². The smallest absolute Gasteiger partial charge is 0.265 e. The number of para-hydroxylation sites is 1. The van der Waals surface area contributed by atoms with Crippen LogP contribution in [0.4, 0.5) is 8.78 Å². The van der Waals surface area contributed by atoms with Gasteiger partial charge in [0.2, 0.25) is 0 Å². The van der Waals surface area contributed by atoms with E-state index in [4.69, 9.17) is 16.8 Å². The Balaban J connectivity index is 2.78. The molecule has 19 heavy (non-hydrogen) atoms. The number of hydrogen-bond donors (Lipinski definition) is 1. The van der Waals surface area contributed by atoms with Crippen LogP contribution in [0.15, 0.2) is 40.4 Å². The van der Waals surface area contributed by atoms with Gasteiger partial charge in [0.1, 0.15) is 17.3 Å². The first-order chi connectivity index (χ1) is 9.06. The SMILES string of the molecule is O=c1c(C=NO)c(Cl)ccn1-c1c(F)cccc1F. The third kappa shape index (κ3) is 2.34. The molecular formula is C12H7ClF2N2O2. The monoisotopic (exact) mass is 284 g/mol. The number of pyridine rings is 1. The first-order valence-corrected chi connectivity index (χ1v) is 5.47. The molecule has 2 rings (SSSR count). The number of oxime groups is 1. The normalized spacial score (nSPS) is 11.1. The Labute approximate surface area is 111 Å². The molecule has 1 aromatic heterocycles. The summed E-state index contributed by atoms with van der Waals surface area (Å²) in [7, 11) is 0. The lowest BCUT2D eigenvalue weighted by Crippen LogP contribution is -2.23. The van der Waals surface area contributed by atoms with Gasteiger partial charge in [0.05, 0.1) is 16.8 Å². The summed E-state index contributed by atoms with van der Waals surface area (Å²) in [6, 6.07) is 4.51. The minimum atomic E-state index is -0.892. The number of halogens is 3. The number of nitrogens with zero attached hydrogens (tertiary/aromatic N) is 2. The quantitative estimate of drug-likeness (QED) is 0.523. The van der Waals surface area contributed by atoms with Crippen LogP contribution >= 0.6 is 11.6 Å². The Bertz CT molecular complexity index is 693. The summed E-state index contributed by atoms with van der Waals surface area (Å²) < 4.78 is 28.0. The molecule has 2 aromatic rings. The van der Waals surface area contributed by atoms with E-state index in [9.17, 15) is 13.6 Å². The average molecular weight is 285 g/mol. The molecule has 1 heterocycles. The van der Waals surface area contributed by atoms with E-state index in [0.717, 1.165) is 29.1 Å². The van der Waals surface area contributed by atoms with Crippen molar-refractivity contribution in [2.75, 3.05) is 0 Å². The second-order valence-corrected chi connectivity index (χ2v) is 3.97. The zero-order valence-corrected chi connectivity index (χ0v) is 10.1. The van der Waals surface area contributed by atoms with Gasteiger partial charge >= 0.3 is 0 Å². The van der Waals surface area contributed by atoms with E-state index >= 15 is 0 Å². The fourth-order valence-electron chi connectivity index (χ4n) is 1.60. The van der Waals surface area contributed by atoms with E-state index in [1.165, 1.54) is 12.1 Å². The zero-order valence-electron chi connectivity index (χ0n) is 9.35. The summed E-state index contributed by atoms with van der Waals surface area (Å²) in [4.78, 5) is 12.0. The summed E-state index contributed by atoms with van der Waals surface area (Å²) in [6.45, 7) is 0.